The molecule has 1 N–H and O–H groups in total. The quantitative estimate of drug-likeness (QED) is 0.821. The van der Waals surface area contributed by atoms with Gasteiger partial charge in [-0.3, -0.25) is 0 Å². The van der Waals surface area contributed by atoms with Crippen molar-refractivity contribution in [1.82, 2.24) is 15.1 Å². The number of benzene rings is 1. The molecule has 0 aromatic heterocycles. The summed E-state index contributed by atoms with van der Waals surface area (Å²) in [4.78, 5) is 19.0. The van der Waals surface area contributed by atoms with Crippen molar-refractivity contribution in [3.05, 3.63) is 29.3 Å². The predicted octanol–water partition coefficient (Wildman–Crippen LogP) is 2.14. The van der Waals surface area contributed by atoms with E-state index in [4.69, 9.17) is 16.3 Å². The molecule has 2 fully saturated rings. The molecule has 1 atom stereocenters. The molecule has 0 aliphatic carbocycles. The number of methoxy groups -OCH3 is 1. The molecule has 2 heterocycles. The molecule has 7 heteroatoms. The third-order valence-electron chi connectivity index (χ3n) is 5.28. The van der Waals surface area contributed by atoms with E-state index in [-0.39, 0.29) is 6.03 Å². The molecule has 144 valence electrons. The number of hydrogen-bond acceptors (Lipinski definition) is 4. The first-order valence-corrected chi connectivity index (χ1v) is 9.78. The number of rotatable bonds is 6. The summed E-state index contributed by atoms with van der Waals surface area (Å²) in [5, 5.41) is 3.89. The van der Waals surface area contributed by atoms with Crippen molar-refractivity contribution in [2.75, 3.05) is 71.0 Å². The average molecular weight is 381 g/mol. The van der Waals surface area contributed by atoms with Gasteiger partial charge in [0, 0.05) is 52.9 Å². The Kier molecular flexibility index (Phi) is 7.00. The Morgan fingerprint density at radius 2 is 2.00 bits per heavy atom. The van der Waals surface area contributed by atoms with E-state index >= 15 is 0 Å². The van der Waals surface area contributed by atoms with Gasteiger partial charge in [0.25, 0.3) is 0 Å². The summed E-state index contributed by atoms with van der Waals surface area (Å²) in [7, 11) is 1.74. The monoisotopic (exact) mass is 380 g/mol. The van der Waals surface area contributed by atoms with E-state index in [1.165, 1.54) is 0 Å². The topological polar surface area (TPSA) is 48.1 Å². The lowest BCUT2D eigenvalue weighted by Gasteiger charge is -2.36. The van der Waals surface area contributed by atoms with Crippen molar-refractivity contribution in [2.24, 2.45) is 5.92 Å². The Morgan fingerprint density at radius 1 is 1.23 bits per heavy atom. The maximum absolute atomic E-state index is 12.5. The van der Waals surface area contributed by atoms with Crippen LogP contribution in [-0.2, 0) is 4.74 Å². The number of nitrogens with one attached hydrogen (secondary N) is 1. The first-order valence-electron chi connectivity index (χ1n) is 9.41. The van der Waals surface area contributed by atoms with Crippen molar-refractivity contribution in [3.63, 3.8) is 0 Å². The van der Waals surface area contributed by atoms with Crippen LogP contribution in [0.3, 0.4) is 0 Å². The van der Waals surface area contributed by atoms with Crippen LogP contribution in [0.4, 0.5) is 10.5 Å². The van der Waals surface area contributed by atoms with Crippen molar-refractivity contribution >= 4 is 23.3 Å². The first kappa shape index (κ1) is 19.3. The zero-order valence-corrected chi connectivity index (χ0v) is 16.2. The standard InChI is InChI=1S/C19H29ClN4O2/c1-26-13-12-22-7-6-16(15-22)14-21-19(25)24-10-8-23(9-11-24)18-5-3-2-4-17(18)20/h2-5,16H,6-15H2,1H3,(H,21,25). The second kappa shape index (κ2) is 9.44. The summed E-state index contributed by atoms with van der Waals surface area (Å²) < 4.78 is 5.13. The third kappa shape index (κ3) is 5.02. The maximum Gasteiger partial charge on any atom is 0.317 e. The molecule has 1 aromatic rings. The summed E-state index contributed by atoms with van der Waals surface area (Å²) in [6.07, 6.45) is 1.14. The summed E-state index contributed by atoms with van der Waals surface area (Å²) in [5.41, 5.74) is 1.05. The summed E-state index contributed by atoms with van der Waals surface area (Å²) in [6, 6.07) is 7.94. The van der Waals surface area contributed by atoms with E-state index < -0.39 is 0 Å². The van der Waals surface area contributed by atoms with E-state index in [1.54, 1.807) is 7.11 Å². The fourth-order valence-electron chi connectivity index (χ4n) is 3.71. The van der Waals surface area contributed by atoms with E-state index in [0.717, 1.165) is 76.1 Å². The number of ether oxygens (including phenoxy) is 1. The van der Waals surface area contributed by atoms with Crippen molar-refractivity contribution in [2.45, 2.75) is 6.42 Å². The lowest BCUT2D eigenvalue weighted by atomic mass is 10.1. The van der Waals surface area contributed by atoms with Gasteiger partial charge in [-0.25, -0.2) is 4.79 Å². The summed E-state index contributed by atoms with van der Waals surface area (Å²) >= 11 is 6.28. The molecule has 1 aromatic carbocycles. The van der Waals surface area contributed by atoms with Crippen LogP contribution in [0.1, 0.15) is 6.42 Å². The Hall–Kier alpha value is -1.50. The minimum atomic E-state index is 0.0548. The van der Waals surface area contributed by atoms with Gasteiger partial charge in [-0.1, -0.05) is 23.7 Å². The van der Waals surface area contributed by atoms with Crippen molar-refractivity contribution in [1.29, 1.82) is 0 Å². The molecule has 0 radical (unpaired) electrons. The predicted molar refractivity (Wildman–Crippen MR) is 105 cm³/mol. The molecule has 0 bridgehead atoms. The number of urea groups is 1. The van der Waals surface area contributed by atoms with Crippen LogP contribution in [-0.4, -0.2) is 81.9 Å². The molecule has 2 aliphatic heterocycles. The summed E-state index contributed by atoms with van der Waals surface area (Å²) in [5.74, 6) is 0.542. The number of halogens is 1. The highest BCUT2D eigenvalue weighted by Crippen LogP contribution is 2.26. The normalized spacial score (nSPS) is 21.2. The van der Waals surface area contributed by atoms with Crippen LogP contribution in [0, 0.1) is 5.92 Å². The van der Waals surface area contributed by atoms with E-state index in [9.17, 15) is 4.79 Å². The van der Waals surface area contributed by atoms with Gasteiger partial charge >= 0.3 is 6.03 Å². The van der Waals surface area contributed by atoms with Gasteiger partial charge < -0.3 is 24.8 Å². The van der Waals surface area contributed by atoms with E-state index in [1.807, 2.05) is 29.2 Å². The highest BCUT2D eigenvalue weighted by molar-refractivity contribution is 6.33. The molecule has 0 spiro atoms. The molecule has 0 saturated carbocycles. The molecule has 6 nitrogen and oxygen atoms in total. The van der Waals surface area contributed by atoms with Gasteiger partial charge in [-0.15, -0.1) is 0 Å². The second-order valence-corrected chi connectivity index (χ2v) is 7.47. The number of para-hydroxylation sites is 1. The third-order valence-corrected chi connectivity index (χ3v) is 5.60. The van der Waals surface area contributed by atoms with Gasteiger partial charge in [0.05, 0.1) is 17.3 Å². The van der Waals surface area contributed by atoms with Crippen molar-refractivity contribution < 1.29 is 9.53 Å². The number of likely N-dealkylation sites (tertiary alicyclic amines) is 1. The summed E-state index contributed by atoms with van der Waals surface area (Å²) in [6.45, 7) is 7.72. The van der Waals surface area contributed by atoms with Gasteiger partial charge in [-0.2, -0.15) is 0 Å². The number of anilines is 1. The lowest BCUT2D eigenvalue weighted by molar-refractivity contribution is 0.158. The van der Waals surface area contributed by atoms with Crippen molar-refractivity contribution in [3.8, 4) is 0 Å². The number of carbonyl (C=O) groups is 1. The molecular weight excluding hydrogens is 352 g/mol. The number of carbonyl (C=O) groups excluding carboxylic acids is 1. The van der Waals surface area contributed by atoms with Gasteiger partial charge in [0.1, 0.15) is 0 Å². The Morgan fingerprint density at radius 3 is 2.73 bits per heavy atom. The molecule has 2 amide bonds. The zero-order valence-electron chi connectivity index (χ0n) is 15.5. The average Bonchev–Trinajstić information content (AvgIpc) is 3.13. The molecule has 1 unspecified atom stereocenters. The van der Waals surface area contributed by atoms with Gasteiger partial charge in [0.2, 0.25) is 0 Å². The molecule has 2 aliphatic rings. The molecular formula is C19H29ClN4O2. The SMILES string of the molecule is COCCN1CCC(CNC(=O)N2CCN(c3ccccc3Cl)CC2)C1. The maximum atomic E-state index is 12.5. The lowest BCUT2D eigenvalue weighted by Crippen LogP contribution is -2.52. The Bertz CT molecular complexity index is 593. The number of nitrogens with zero attached hydrogens (tertiary/aromatic N) is 3. The van der Waals surface area contributed by atoms with Crippen LogP contribution < -0.4 is 10.2 Å². The Balaban J connectivity index is 1.38. The highest BCUT2D eigenvalue weighted by Gasteiger charge is 2.25. The number of amides is 2. The van der Waals surface area contributed by atoms with E-state index in [0.29, 0.717) is 5.92 Å². The molecule has 26 heavy (non-hydrogen) atoms. The van der Waals surface area contributed by atoms with Crippen LogP contribution in [0.25, 0.3) is 0 Å². The van der Waals surface area contributed by atoms with Crippen LogP contribution in [0.5, 0.6) is 0 Å². The smallest absolute Gasteiger partial charge is 0.317 e. The van der Waals surface area contributed by atoms with Crippen LogP contribution in [0.15, 0.2) is 24.3 Å². The van der Waals surface area contributed by atoms with E-state index in [2.05, 4.69) is 15.1 Å². The van der Waals surface area contributed by atoms with Gasteiger partial charge in [0.15, 0.2) is 0 Å². The molecule has 2 saturated heterocycles. The first-order chi connectivity index (χ1) is 12.7. The largest absolute Gasteiger partial charge is 0.383 e. The number of hydrogen-bond donors (Lipinski definition) is 1. The number of piperazine rings is 1. The fraction of sp³-hybridized carbons (Fsp3) is 0.632. The van der Waals surface area contributed by atoms with Crippen LogP contribution in [0.2, 0.25) is 5.02 Å². The Labute approximate surface area is 161 Å². The zero-order chi connectivity index (χ0) is 18.4. The van der Waals surface area contributed by atoms with Crippen LogP contribution >= 0.6 is 11.6 Å². The van der Waals surface area contributed by atoms with Gasteiger partial charge in [-0.05, 0) is 31.0 Å². The molecule has 3 rings (SSSR count). The minimum Gasteiger partial charge on any atom is -0.383 e. The minimum absolute atomic E-state index is 0.0548. The second-order valence-electron chi connectivity index (χ2n) is 7.06. The fourth-order valence-corrected chi connectivity index (χ4v) is 3.96. The highest BCUT2D eigenvalue weighted by atomic mass is 35.5.